The number of ether oxygens (including phenoxy) is 2. The van der Waals surface area contributed by atoms with Crippen LogP contribution in [0.2, 0.25) is 0 Å². The molecule has 5 rings (SSSR count). The molecule has 1 aromatic rings. The molecule has 3 fully saturated rings. The molecule has 2 aliphatic heterocycles. The summed E-state index contributed by atoms with van der Waals surface area (Å²) < 4.78 is 11.8. The molecule has 12 nitrogen and oxygen atoms in total. The number of aldehydes is 1. The minimum atomic E-state index is -0.887. The van der Waals surface area contributed by atoms with E-state index in [1.165, 1.54) is 43.1 Å². The number of epoxide rings is 1. The number of thiazole rings is 1. The summed E-state index contributed by atoms with van der Waals surface area (Å²) in [6.07, 6.45) is 27.0. The Bertz CT molecular complexity index is 1800. The van der Waals surface area contributed by atoms with Crippen molar-refractivity contribution in [2.45, 2.75) is 188 Å². The van der Waals surface area contributed by atoms with Gasteiger partial charge in [0, 0.05) is 56.0 Å². The van der Waals surface area contributed by atoms with Crippen LogP contribution in [0.1, 0.15) is 162 Å². The van der Waals surface area contributed by atoms with Crippen LogP contribution in [0.15, 0.2) is 29.2 Å². The number of terminal acetylenes is 1. The van der Waals surface area contributed by atoms with Crippen molar-refractivity contribution in [1.82, 2.24) is 20.7 Å². The first-order valence-electron chi connectivity index (χ1n) is 24.5. The van der Waals surface area contributed by atoms with Crippen LogP contribution in [-0.2, 0) is 45.6 Å². The van der Waals surface area contributed by atoms with Gasteiger partial charge >= 0.3 is 11.9 Å². The van der Waals surface area contributed by atoms with E-state index < -0.39 is 17.1 Å². The Labute approximate surface area is 394 Å². The van der Waals surface area contributed by atoms with Gasteiger partial charge in [-0.05, 0) is 108 Å². The van der Waals surface area contributed by atoms with Gasteiger partial charge in [0.15, 0.2) is 11.5 Å². The number of carboxylic acid groups (broad SMARTS) is 1. The summed E-state index contributed by atoms with van der Waals surface area (Å²) in [5.74, 6) is 2.96. The van der Waals surface area contributed by atoms with Crippen LogP contribution in [-0.4, -0.2) is 90.0 Å². The van der Waals surface area contributed by atoms with Crippen molar-refractivity contribution < 1.29 is 38.6 Å². The first-order chi connectivity index (χ1) is 30.8. The smallest absolute Gasteiger partial charge is 0.309 e. The lowest BCUT2D eigenvalue weighted by Gasteiger charge is -2.29. The molecular formula is C52H82N4O8S. The summed E-state index contributed by atoms with van der Waals surface area (Å²) in [7, 11) is 2.03. The molecule has 4 unspecified atom stereocenters. The number of carbonyl (C=O) groups excluding carboxylic acids is 3. The minimum absolute atomic E-state index is 0.0271. The number of aromatic nitrogens is 1. The highest BCUT2D eigenvalue weighted by atomic mass is 32.1. The number of rotatable bonds is 27. The molecule has 0 radical (unpaired) electrons. The van der Waals surface area contributed by atoms with E-state index in [2.05, 4.69) is 74.5 Å². The highest BCUT2D eigenvalue weighted by molar-refractivity contribution is 7.09. The van der Waals surface area contributed by atoms with Crippen LogP contribution in [0.3, 0.4) is 0 Å². The van der Waals surface area contributed by atoms with E-state index in [0.717, 1.165) is 80.8 Å². The number of hydrogen-bond donors (Lipinski definition) is 3. The summed E-state index contributed by atoms with van der Waals surface area (Å²) in [6, 6.07) is -0.0536. The van der Waals surface area contributed by atoms with E-state index in [1.54, 1.807) is 13.8 Å². The van der Waals surface area contributed by atoms with Crippen LogP contribution in [0.5, 0.6) is 0 Å². The van der Waals surface area contributed by atoms with Crippen molar-refractivity contribution in [2.75, 3.05) is 26.8 Å². The van der Waals surface area contributed by atoms with E-state index in [0.29, 0.717) is 56.7 Å². The van der Waals surface area contributed by atoms with Crippen molar-refractivity contribution >= 4 is 35.3 Å². The monoisotopic (exact) mass is 923 g/mol. The fraction of sp³-hybridized carbons (Fsp3) is 0.750. The third kappa shape index (κ3) is 17.4. The van der Waals surface area contributed by atoms with Gasteiger partial charge in [0.2, 0.25) is 0 Å². The Morgan fingerprint density at radius 3 is 2.60 bits per heavy atom. The molecule has 9 atom stereocenters. The lowest BCUT2D eigenvalue weighted by Crippen LogP contribution is -2.43. The average Bonchev–Trinajstić information content (AvgIpc) is 4.14. The first kappa shape index (κ1) is 54.4. The van der Waals surface area contributed by atoms with Crippen LogP contribution in [0.25, 0.3) is 0 Å². The zero-order chi connectivity index (χ0) is 47.8. The number of carbonyl (C=O) groups is 4. The summed E-state index contributed by atoms with van der Waals surface area (Å²) in [5, 5.41) is 16.5. The largest absolute Gasteiger partial charge is 0.481 e. The number of aliphatic carboxylic acids is 1. The van der Waals surface area contributed by atoms with Crippen LogP contribution >= 0.6 is 11.3 Å². The van der Waals surface area contributed by atoms with E-state index >= 15 is 0 Å². The normalized spacial score (nSPS) is 25.2. The fourth-order valence-corrected chi connectivity index (χ4v) is 10.0. The Morgan fingerprint density at radius 2 is 1.95 bits per heavy atom. The minimum Gasteiger partial charge on any atom is -0.481 e. The molecule has 0 aromatic carbocycles. The number of fused-ring (bicyclic) bond motifs is 1. The van der Waals surface area contributed by atoms with Gasteiger partial charge in [0.05, 0.1) is 29.7 Å². The predicted molar refractivity (Wildman–Crippen MR) is 258 cm³/mol. The molecule has 0 amide bonds. The maximum atomic E-state index is 12.4. The maximum Gasteiger partial charge on any atom is 0.309 e. The van der Waals surface area contributed by atoms with Crippen molar-refractivity contribution in [2.24, 2.45) is 34.5 Å². The third-order valence-electron chi connectivity index (χ3n) is 14.2. The molecule has 1 saturated carbocycles. The second-order valence-electron chi connectivity index (χ2n) is 20.6. The second kappa shape index (κ2) is 25.8. The number of hydroxylamine groups is 1. The molecule has 65 heavy (non-hydrogen) atoms. The van der Waals surface area contributed by atoms with Gasteiger partial charge in [-0.25, -0.2) is 4.98 Å². The summed E-state index contributed by atoms with van der Waals surface area (Å²) in [5.41, 5.74) is 4.06. The molecule has 13 heteroatoms. The number of esters is 1. The number of carboxylic acids is 1. The molecule has 2 aliphatic carbocycles. The molecule has 3 N–H and O–H groups in total. The number of hydrogen-bond acceptors (Lipinski definition) is 12. The van der Waals surface area contributed by atoms with Gasteiger partial charge in [-0.15, -0.1) is 23.7 Å². The second-order valence-corrected chi connectivity index (χ2v) is 21.6. The quantitative estimate of drug-likeness (QED) is 0.0192. The molecule has 1 aromatic heterocycles. The summed E-state index contributed by atoms with van der Waals surface area (Å²) >= 11 is 1.52. The number of likely N-dealkylation sites (N-methyl/N-ethyl adjacent to an activating group) is 1. The standard InChI is InChI=1S/C37H55N3O6S.C15H27NO2/c1-8-9-10-18-45-40-31(25(2)3)19-30(46-26(4)41)20-33-38-32(23-47-33)37(24-44-37)39-29(22-35(5,6)34(42)43)13-11-12-27-14-15-28-21-36(28,7)17-16-27;1-4-12(2)13(11-17)10-15(18)14-8-6-5-7-9-16(14)3/h1,14,16-17,23,25,28-31,39-40H,9-13,15,18-22,24H2,2-7H3,(H,42,43);11-14H,4-10H2,1-3H3/t28?,29-,30+,31+,36?,37?;12-,13+,14?/m00/s1. The van der Waals surface area contributed by atoms with Gasteiger partial charge < -0.3 is 24.2 Å². The topological polar surface area (TPSA) is 160 Å². The summed E-state index contributed by atoms with van der Waals surface area (Å²) in [6.45, 7) is 17.7. The van der Waals surface area contributed by atoms with Crippen LogP contribution < -0.4 is 10.8 Å². The predicted octanol–water partition coefficient (Wildman–Crippen LogP) is 9.37. The van der Waals surface area contributed by atoms with Gasteiger partial charge in [-0.2, -0.15) is 5.48 Å². The zero-order valence-corrected chi connectivity index (χ0v) is 41.9. The molecular weight excluding hydrogens is 841 g/mol. The molecule has 364 valence electrons. The van der Waals surface area contributed by atoms with Crippen molar-refractivity contribution in [1.29, 1.82) is 0 Å². The number of unbranched alkanes of at least 4 members (excludes halogenated alkanes) is 1. The van der Waals surface area contributed by atoms with Crippen molar-refractivity contribution in [3.05, 3.63) is 39.9 Å². The van der Waals surface area contributed by atoms with Gasteiger partial charge in [-0.3, -0.25) is 24.6 Å². The summed E-state index contributed by atoms with van der Waals surface area (Å²) in [4.78, 5) is 60.4. The fourth-order valence-electron chi connectivity index (χ4n) is 9.12. The number of likely N-dealkylation sites (tertiary alicyclic amines) is 1. The number of allylic oxidation sites excluding steroid dienone is 4. The van der Waals surface area contributed by atoms with Gasteiger partial charge in [-0.1, -0.05) is 77.7 Å². The number of ketones is 1. The Morgan fingerprint density at radius 1 is 1.20 bits per heavy atom. The Balaban J connectivity index is 0.000000430. The molecule has 0 spiro atoms. The zero-order valence-electron chi connectivity index (χ0n) is 41.1. The van der Waals surface area contributed by atoms with Crippen molar-refractivity contribution in [3.8, 4) is 12.3 Å². The first-order valence-corrected chi connectivity index (χ1v) is 25.4. The van der Waals surface area contributed by atoms with E-state index in [1.807, 2.05) is 12.4 Å². The number of Topliss-reactive ketones (excluding diaryl/α,β-unsaturated/α-hetero) is 1. The van der Waals surface area contributed by atoms with E-state index in [-0.39, 0.29) is 47.8 Å². The lowest BCUT2D eigenvalue weighted by atomic mass is 9.83. The highest BCUT2D eigenvalue weighted by Crippen LogP contribution is 2.56. The SMILES string of the molecule is C#CCCCON[C@H](C[C@H](Cc1nc(C2(N[C@@H](CCCC3=CCC4CC4(C)C=C3)CC(C)(C)C(=O)O)CO2)cs1)OC(C)=O)C(C)C.CC[C@H](C)[C@@H](C=O)CC(=O)C1CCCCCN1C. The van der Waals surface area contributed by atoms with Gasteiger partial charge in [0.25, 0.3) is 0 Å². The average molecular weight is 923 g/mol. The molecule has 3 heterocycles. The number of nitrogens with one attached hydrogen (secondary N) is 2. The molecule has 2 saturated heterocycles. The van der Waals surface area contributed by atoms with Crippen LogP contribution in [0, 0.1) is 46.8 Å². The van der Waals surface area contributed by atoms with Gasteiger partial charge in [0.1, 0.15) is 18.1 Å². The maximum absolute atomic E-state index is 12.4. The molecule has 0 bridgehead atoms. The third-order valence-corrected chi connectivity index (χ3v) is 15.1. The lowest BCUT2D eigenvalue weighted by molar-refractivity contribution is -0.148. The van der Waals surface area contributed by atoms with E-state index in [4.69, 9.17) is 25.7 Å². The van der Waals surface area contributed by atoms with Crippen LogP contribution in [0.4, 0.5) is 0 Å². The Kier molecular flexibility index (Phi) is 21.5. The Hall–Kier alpha value is -3.25. The van der Waals surface area contributed by atoms with E-state index in [9.17, 15) is 24.3 Å². The van der Waals surface area contributed by atoms with Crippen molar-refractivity contribution in [3.63, 3.8) is 0 Å². The molecule has 4 aliphatic rings. The number of nitrogens with zero attached hydrogens (tertiary/aromatic N) is 2. The highest BCUT2D eigenvalue weighted by Gasteiger charge is 2.51.